The van der Waals surface area contributed by atoms with Crippen molar-refractivity contribution >= 4 is 29.2 Å². The van der Waals surface area contributed by atoms with Gasteiger partial charge in [0.05, 0.1) is 27.5 Å². The number of benzene rings is 1. The number of aromatic carboxylic acids is 1. The molecule has 0 unspecified atom stereocenters. The van der Waals surface area contributed by atoms with E-state index in [0.29, 0.717) is 17.0 Å². The number of carboxylic acid groups (broad SMARTS) is 1. The summed E-state index contributed by atoms with van der Waals surface area (Å²) in [5.74, 6) is -1.62. The van der Waals surface area contributed by atoms with Gasteiger partial charge in [-0.25, -0.2) is 4.79 Å². The molecule has 1 aromatic heterocycles. The number of aryl methyl sites for hydroxylation is 2. The maximum absolute atomic E-state index is 12.2. The fraction of sp³-hybridized carbons (Fsp3) is 0.154. The number of anilines is 1. The number of amides is 1. The van der Waals surface area contributed by atoms with Crippen LogP contribution in [-0.2, 0) is 0 Å². The van der Waals surface area contributed by atoms with Gasteiger partial charge < -0.3 is 10.4 Å². The van der Waals surface area contributed by atoms with Crippen LogP contribution in [0.2, 0.25) is 5.02 Å². The third-order valence-corrected chi connectivity index (χ3v) is 3.15. The van der Waals surface area contributed by atoms with Crippen LogP contribution < -0.4 is 5.32 Å². The lowest BCUT2D eigenvalue weighted by Crippen LogP contribution is -2.16. The number of carbonyl (C=O) groups is 2. The van der Waals surface area contributed by atoms with Crippen molar-refractivity contribution in [1.82, 2.24) is 10.2 Å². The molecule has 2 aromatic rings. The van der Waals surface area contributed by atoms with E-state index in [9.17, 15) is 9.59 Å². The molecule has 0 aliphatic rings. The highest BCUT2D eigenvalue weighted by atomic mass is 35.5. The van der Waals surface area contributed by atoms with Crippen LogP contribution in [0.1, 0.15) is 32.1 Å². The van der Waals surface area contributed by atoms with Crippen molar-refractivity contribution in [1.29, 1.82) is 0 Å². The Hall–Kier alpha value is -2.34. The number of nitrogens with one attached hydrogen (secondary N) is 2. The van der Waals surface area contributed by atoms with Crippen molar-refractivity contribution in [3.05, 3.63) is 45.7 Å². The summed E-state index contributed by atoms with van der Waals surface area (Å²) in [6, 6.07) is 4.40. The number of carboxylic acids is 1. The SMILES string of the molecule is Cc1n[nH]c(C)c1C(=O)Nc1c(Cl)cccc1C(=O)O. The van der Waals surface area contributed by atoms with E-state index in [1.807, 2.05) is 0 Å². The van der Waals surface area contributed by atoms with Crippen molar-refractivity contribution in [2.24, 2.45) is 0 Å². The Bertz CT molecular complexity index is 675. The minimum absolute atomic E-state index is 0.0651. The summed E-state index contributed by atoms with van der Waals surface area (Å²) < 4.78 is 0. The molecule has 0 atom stereocenters. The first-order valence-electron chi connectivity index (χ1n) is 5.76. The monoisotopic (exact) mass is 293 g/mol. The number of halogens is 1. The molecule has 0 saturated carbocycles. The van der Waals surface area contributed by atoms with Gasteiger partial charge in [0, 0.05) is 5.69 Å². The van der Waals surface area contributed by atoms with E-state index in [4.69, 9.17) is 16.7 Å². The molecule has 1 amide bonds. The normalized spacial score (nSPS) is 10.3. The van der Waals surface area contributed by atoms with E-state index < -0.39 is 11.9 Å². The molecule has 6 nitrogen and oxygen atoms in total. The van der Waals surface area contributed by atoms with Crippen molar-refractivity contribution in [2.75, 3.05) is 5.32 Å². The quantitative estimate of drug-likeness (QED) is 0.810. The molecule has 0 spiro atoms. The first-order chi connectivity index (χ1) is 9.41. The van der Waals surface area contributed by atoms with Crippen molar-refractivity contribution < 1.29 is 14.7 Å². The fourth-order valence-corrected chi connectivity index (χ4v) is 2.11. The first kappa shape index (κ1) is 14.1. The second-order valence-electron chi connectivity index (χ2n) is 4.23. The highest BCUT2D eigenvalue weighted by Gasteiger charge is 2.20. The number of aromatic nitrogens is 2. The lowest BCUT2D eigenvalue weighted by molar-refractivity contribution is 0.0698. The average molecular weight is 294 g/mol. The summed E-state index contributed by atoms with van der Waals surface area (Å²) in [4.78, 5) is 23.4. The van der Waals surface area contributed by atoms with Gasteiger partial charge in [-0.15, -0.1) is 0 Å². The van der Waals surface area contributed by atoms with Gasteiger partial charge in [0.2, 0.25) is 0 Å². The summed E-state index contributed by atoms with van der Waals surface area (Å²) in [5, 5.41) is 18.4. The number of carbonyl (C=O) groups excluding carboxylic acids is 1. The summed E-state index contributed by atoms with van der Waals surface area (Å²) in [6.07, 6.45) is 0. The van der Waals surface area contributed by atoms with E-state index in [1.54, 1.807) is 13.8 Å². The molecule has 0 fully saturated rings. The largest absolute Gasteiger partial charge is 0.478 e. The average Bonchev–Trinajstić information content (AvgIpc) is 2.71. The molecule has 7 heteroatoms. The number of H-pyrrole nitrogens is 1. The number of para-hydroxylation sites is 1. The Morgan fingerprint density at radius 2 is 2.05 bits per heavy atom. The predicted octanol–water partition coefficient (Wildman–Crippen LogP) is 2.63. The third kappa shape index (κ3) is 2.50. The van der Waals surface area contributed by atoms with E-state index in [0.717, 1.165) is 0 Å². The fourth-order valence-electron chi connectivity index (χ4n) is 1.89. The van der Waals surface area contributed by atoms with E-state index >= 15 is 0 Å². The zero-order chi connectivity index (χ0) is 14.9. The minimum Gasteiger partial charge on any atom is -0.478 e. The molecular weight excluding hydrogens is 282 g/mol. The molecule has 0 aliphatic heterocycles. The molecule has 3 N–H and O–H groups in total. The smallest absolute Gasteiger partial charge is 0.337 e. The van der Waals surface area contributed by atoms with Crippen LogP contribution in [-0.4, -0.2) is 27.2 Å². The van der Waals surface area contributed by atoms with Gasteiger partial charge in [0.1, 0.15) is 0 Å². The first-order valence-corrected chi connectivity index (χ1v) is 6.14. The Morgan fingerprint density at radius 1 is 1.35 bits per heavy atom. The zero-order valence-electron chi connectivity index (χ0n) is 10.8. The third-order valence-electron chi connectivity index (χ3n) is 2.84. The molecule has 1 heterocycles. The summed E-state index contributed by atoms with van der Waals surface area (Å²) in [7, 11) is 0. The van der Waals surface area contributed by atoms with Crippen LogP contribution in [0.3, 0.4) is 0 Å². The highest BCUT2D eigenvalue weighted by molar-refractivity contribution is 6.35. The standard InChI is InChI=1S/C13H12ClN3O3/c1-6-10(7(2)17-16-6)12(18)15-11-8(13(19)20)4-3-5-9(11)14/h3-5H,1-2H3,(H,15,18)(H,16,17)(H,19,20). The summed E-state index contributed by atoms with van der Waals surface area (Å²) in [6.45, 7) is 3.39. The maximum atomic E-state index is 12.2. The van der Waals surface area contributed by atoms with Gasteiger partial charge in [-0.1, -0.05) is 17.7 Å². The Labute approximate surface area is 119 Å². The highest BCUT2D eigenvalue weighted by Crippen LogP contribution is 2.27. The van der Waals surface area contributed by atoms with Crippen molar-refractivity contribution in [3.8, 4) is 0 Å². The van der Waals surface area contributed by atoms with Crippen LogP contribution in [0.25, 0.3) is 0 Å². The van der Waals surface area contributed by atoms with Crippen molar-refractivity contribution in [3.63, 3.8) is 0 Å². The molecule has 0 radical (unpaired) electrons. The van der Waals surface area contributed by atoms with Crippen LogP contribution in [0.5, 0.6) is 0 Å². The van der Waals surface area contributed by atoms with Crippen LogP contribution in [0.15, 0.2) is 18.2 Å². The predicted molar refractivity (Wildman–Crippen MR) is 74.4 cm³/mol. The van der Waals surface area contributed by atoms with Gasteiger partial charge in [0.25, 0.3) is 5.91 Å². The van der Waals surface area contributed by atoms with E-state index in [2.05, 4.69) is 15.5 Å². The summed E-state index contributed by atoms with van der Waals surface area (Å²) >= 11 is 5.96. The maximum Gasteiger partial charge on any atom is 0.337 e. The van der Waals surface area contributed by atoms with Gasteiger partial charge >= 0.3 is 5.97 Å². The topological polar surface area (TPSA) is 95.1 Å². The number of rotatable bonds is 3. The van der Waals surface area contributed by atoms with E-state index in [-0.39, 0.29) is 16.3 Å². The Balaban J connectivity index is 2.40. The Kier molecular flexibility index (Phi) is 3.76. The molecule has 2 rings (SSSR count). The van der Waals surface area contributed by atoms with Gasteiger partial charge in [-0.05, 0) is 26.0 Å². The van der Waals surface area contributed by atoms with Crippen LogP contribution >= 0.6 is 11.6 Å². The summed E-state index contributed by atoms with van der Waals surface area (Å²) in [5.41, 5.74) is 1.52. The molecule has 20 heavy (non-hydrogen) atoms. The number of hydrogen-bond donors (Lipinski definition) is 3. The minimum atomic E-state index is -1.16. The number of nitrogens with zero attached hydrogens (tertiary/aromatic N) is 1. The van der Waals surface area contributed by atoms with Crippen LogP contribution in [0, 0.1) is 13.8 Å². The number of hydrogen-bond acceptors (Lipinski definition) is 3. The van der Waals surface area contributed by atoms with Gasteiger partial charge in [-0.3, -0.25) is 9.89 Å². The second kappa shape index (κ2) is 5.34. The van der Waals surface area contributed by atoms with Crippen molar-refractivity contribution in [2.45, 2.75) is 13.8 Å². The zero-order valence-corrected chi connectivity index (χ0v) is 11.6. The molecule has 0 aliphatic carbocycles. The van der Waals surface area contributed by atoms with Gasteiger partial charge in [0.15, 0.2) is 0 Å². The number of aromatic amines is 1. The molecule has 0 bridgehead atoms. The lowest BCUT2D eigenvalue weighted by Gasteiger charge is -2.10. The Morgan fingerprint density at radius 3 is 2.60 bits per heavy atom. The lowest BCUT2D eigenvalue weighted by atomic mass is 10.1. The van der Waals surface area contributed by atoms with Gasteiger partial charge in [-0.2, -0.15) is 5.10 Å². The molecule has 1 aromatic carbocycles. The molecule has 104 valence electrons. The van der Waals surface area contributed by atoms with Crippen LogP contribution in [0.4, 0.5) is 5.69 Å². The second-order valence-corrected chi connectivity index (χ2v) is 4.64. The molecular formula is C13H12ClN3O3. The van der Waals surface area contributed by atoms with E-state index in [1.165, 1.54) is 18.2 Å². The molecule has 0 saturated heterocycles.